The summed E-state index contributed by atoms with van der Waals surface area (Å²) in [5.74, 6) is 1.19. The molecular weight excluding hydrogens is 318 g/mol. The number of nitrogens with one attached hydrogen (secondary N) is 1. The van der Waals surface area contributed by atoms with Gasteiger partial charge in [0.2, 0.25) is 0 Å². The Hall–Kier alpha value is -2.53. The summed E-state index contributed by atoms with van der Waals surface area (Å²) in [6.07, 6.45) is 2.31. The van der Waals surface area contributed by atoms with E-state index in [0.717, 1.165) is 30.8 Å². The van der Waals surface area contributed by atoms with Crippen LogP contribution in [0.3, 0.4) is 0 Å². The number of amides is 1. The second kappa shape index (κ2) is 8.03. The van der Waals surface area contributed by atoms with Gasteiger partial charge in [0.05, 0.1) is 18.9 Å². The lowest BCUT2D eigenvalue weighted by atomic mass is 10.1. The van der Waals surface area contributed by atoms with Crippen molar-refractivity contribution in [1.82, 2.24) is 0 Å². The Balaban J connectivity index is 1.61. The van der Waals surface area contributed by atoms with E-state index in [-0.39, 0.29) is 12.0 Å². The van der Waals surface area contributed by atoms with Gasteiger partial charge in [-0.15, -0.1) is 0 Å². The number of aryl methyl sites for hydroxylation is 1. The minimum atomic E-state index is -0.186. The normalized spacial score (nSPS) is 16.5. The summed E-state index contributed by atoms with van der Waals surface area (Å²) in [6.45, 7) is 3.33. The molecule has 1 aliphatic heterocycles. The smallest absolute Gasteiger partial charge is 0.255 e. The number of carbonyl (C=O) groups is 1. The maximum absolute atomic E-state index is 12.4. The third-order valence-electron chi connectivity index (χ3n) is 4.18. The van der Waals surface area contributed by atoms with Gasteiger partial charge in [-0.2, -0.15) is 0 Å². The van der Waals surface area contributed by atoms with E-state index in [0.29, 0.717) is 23.6 Å². The topological polar surface area (TPSA) is 56.8 Å². The van der Waals surface area contributed by atoms with Crippen LogP contribution in [0, 0.1) is 6.92 Å². The molecule has 0 spiro atoms. The van der Waals surface area contributed by atoms with Gasteiger partial charge >= 0.3 is 0 Å². The molecule has 0 aromatic heterocycles. The molecular formula is C20H23NO4. The Morgan fingerprint density at radius 2 is 2.04 bits per heavy atom. The highest BCUT2D eigenvalue weighted by Crippen LogP contribution is 2.26. The van der Waals surface area contributed by atoms with Gasteiger partial charge < -0.3 is 19.5 Å². The second-order valence-corrected chi connectivity index (χ2v) is 6.13. The standard InChI is InChI=1S/C20H23NO4/c1-14-5-10-19(23-2)18(12-14)21-20(22)15-6-8-16(9-7-15)25-13-17-4-3-11-24-17/h5-10,12,17H,3-4,11,13H2,1-2H3,(H,21,22)/t17-/m1/s1. The van der Waals surface area contributed by atoms with Crippen LogP contribution >= 0.6 is 0 Å². The first kappa shape index (κ1) is 17.3. The fourth-order valence-electron chi connectivity index (χ4n) is 2.78. The molecule has 2 aromatic carbocycles. The first-order valence-corrected chi connectivity index (χ1v) is 8.46. The summed E-state index contributed by atoms with van der Waals surface area (Å²) in [4.78, 5) is 12.4. The molecule has 1 N–H and O–H groups in total. The average Bonchev–Trinajstić information content (AvgIpc) is 3.14. The molecule has 0 bridgehead atoms. The van der Waals surface area contributed by atoms with Gasteiger partial charge in [-0.1, -0.05) is 6.07 Å². The third kappa shape index (κ3) is 4.51. The fraction of sp³-hybridized carbons (Fsp3) is 0.350. The van der Waals surface area contributed by atoms with Gasteiger partial charge in [-0.25, -0.2) is 0 Å². The van der Waals surface area contributed by atoms with Crippen LogP contribution in [0.25, 0.3) is 0 Å². The number of hydrogen-bond donors (Lipinski definition) is 1. The van der Waals surface area contributed by atoms with Gasteiger partial charge in [0.1, 0.15) is 18.1 Å². The number of rotatable bonds is 6. The molecule has 0 saturated carbocycles. The van der Waals surface area contributed by atoms with E-state index in [1.807, 2.05) is 25.1 Å². The van der Waals surface area contributed by atoms with Crippen molar-refractivity contribution in [3.05, 3.63) is 53.6 Å². The highest BCUT2D eigenvalue weighted by molar-refractivity contribution is 6.05. The molecule has 25 heavy (non-hydrogen) atoms. The van der Waals surface area contributed by atoms with Crippen molar-refractivity contribution in [3.63, 3.8) is 0 Å². The highest BCUT2D eigenvalue weighted by atomic mass is 16.5. The maximum atomic E-state index is 12.4. The Morgan fingerprint density at radius 1 is 1.24 bits per heavy atom. The number of carbonyl (C=O) groups excluding carboxylic acids is 1. The third-order valence-corrected chi connectivity index (χ3v) is 4.18. The van der Waals surface area contributed by atoms with Crippen molar-refractivity contribution in [2.45, 2.75) is 25.9 Å². The van der Waals surface area contributed by atoms with E-state index in [9.17, 15) is 4.79 Å². The Labute approximate surface area is 147 Å². The van der Waals surface area contributed by atoms with E-state index in [1.54, 1.807) is 31.4 Å². The molecule has 0 unspecified atom stereocenters. The molecule has 2 aromatic rings. The quantitative estimate of drug-likeness (QED) is 0.868. The maximum Gasteiger partial charge on any atom is 0.255 e. The van der Waals surface area contributed by atoms with Crippen molar-refractivity contribution < 1.29 is 19.0 Å². The van der Waals surface area contributed by atoms with E-state index >= 15 is 0 Å². The molecule has 1 amide bonds. The summed E-state index contributed by atoms with van der Waals surface area (Å²) in [5, 5.41) is 2.89. The number of benzene rings is 2. The predicted octanol–water partition coefficient (Wildman–Crippen LogP) is 3.81. The van der Waals surface area contributed by atoms with Crippen molar-refractivity contribution in [3.8, 4) is 11.5 Å². The molecule has 1 atom stereocenters. The number of hydrogen-bond acceptors (Lipinski definition) is 4. The molecule has 5 heteroatoms. The Bertz CT molecular complexity index is 721. The van der Waals surface area contributed by atoms with Gasteiger partial charge in [0, 0.05) is 12.2 Å². The first-order chi connectivity index (χ1) is 12.2. The van der Waals surface area contributed by atoms with Crippen LogP contribution in [0.4, 0.5) is 5.69 Å². The van der Waals surface area contributed by atoms with Crippen LogP contribution in [-0.2, 0) is 4.74 Å². The van der Waals surface area contributed by atoms with E-state index in [1.165, 1.54) is 0 Å². The second-order valence-electron chi connectivity index (χ2n) is 6.13. The molecule has 1 fully saturated rings. The van der Waals surface area contributed by atoms with Crippen LogP contribution in [0.5, 0.6) is 11.5 Å². The summed E-state index contributed by atoms with van der Waals surface area (Å²) < 4.78 is 16.5. The van der Waals surface area contributed by atoms with Crippen molar-refractivity contribution in [2.75, 3.05) is 25.6 Å². The van der Waals surface area contributed by atoms with Crippen LogP contribution < -0.4 is 14.8 Å². The number of anilines is 1. The highest BCUT2D eigenvalue weighted by Gasteiger charge is 2.16. The van der Waals surface area contributed by atoms with Crippen molar-refractivity contribution in [1.29, 1.82) is 0 Å². The van der Waals surface area contributed by atoms with Crippen LogP contribution in [-0.4, -0.2) is 32.3 Å². The lowest BCUT2D eigenvalue weighted by Gasteiger charge is -2.13. The molecule has 1 aliphatic rings. The largest absolute Gasteiger partial charge is 0.495 e. The van der Waals surface area contributed by atoms with Crippen LogP contribution in [0.15, 0.2) is 42.5 Å². The first-order valence-electron chi connectivity index (χ1n) is 8.46. The summed E-state index contributed by atoms with van der Waals surface area (Å²) in [5.41, 5.74) is 2.27. The zero-order chi connectivity index (χ0) is 17.6. The van der Waals surface area contributed by atoms with E-state index in [4.69, 9.17) is 14.2 Å². The van der Waals surface area contributed by atoms with E-state index < -0.39 is 0 Å². The van der Waals surface area contributed by atoms with Gasteiger partial charge in [0.25, 0.3) is 5.91 Å². The lowest BCUT2D eigenvalue weighted by molar-refractivity contribution is 0.0679. The molecule has 132 valence electrons. The lowest BCUT2D eigenvalue weighted by Crippen LogP contribution is -2.16. The molecule has 3 rings (SSSR count). The minimum Gasteiger partial charge on any atom is -0.495 e. The van der Waals surface area contributed by atoms with Crippen molar-refractivity contribution >= 4 is 11.6 Å². The van der Waals surface area contributed by atoms with E-state index in [2.05, 4.69) is 5.32 Å². The predicted molar refractivity (Wildman–Crippen MR) is 96.6 cm³/mol. The molecule has 5 nitrogen and oxygen atoms in total. The summed E-state index contributed by atoms with van der Waals surface area (Å²) >= 11 is 0. The summed E-state index contributed by atoms with van der Waals surface area (Å²) in [6, 6.07) is 12.8. The number of ether oxygens (including phenoxy) is 3. The minimum absolute atomic E-state index is 0.178. The Kier molecular flexibility index (Phi) is 5.56. The average molecular weight is 341 g/mol. The molecule has 0 radical (unpaired) electrons. The van der Waals surface area contributed by atoms with Crippen molar-refractivity contribution in [2.24, 2.45) is 0 Å². The fourth-order valence-corrected chi connectivity index (χ4v) is 2.78. The molecule has 1 heterocycles. The summed E-state index contributed by atoms with van der Waals surface area (Å²) in [7, 11) is 1.58. The molecule has 0 aliphatic carbocycles. The zero-order valence-corrected chi connectivity index (χ0v) is 14.6. The Morgan fingerprint density at radius 3 is 2.72 bits per heavy atom. The zero-order valence-electron chi connectivity index (χ0n) is 14.6. The van der Waals surface area contributed by atoms with Gasteiger partial charge in [-0.05, 0) is 61.7 Å². The van der Waals surface area contributed by atoms with Crippen LogP contribution in [0.2, 0.25) is 0 Å². The van der Waals surface area contributed by atoms with Gasteiger partial charge in [-0.3, -0.25) is 4.79 Å². The monoisotopic (exact) mass is 341 g/mol. The van der Waals surface area contributed by atoms with Gasteiger partial charge in [0.15, 0.2) is 0 Å². The molecule has 1 saturated heterocycles. The number of methoxy groups -OCH3 is 1. The van der Waals surface area contributed by atoms with Crippen LogP contribution in [0.1, 0.15) is 28.8 Å². The SMILES string of the molecule is COc1ccc(C)cc1NC(=O)c1ccc(OC[C@H]2CCCO2)cc1.